The van der Waals surface area contributed by atoms with Crippen molar-refractivity contribution in [2.45, 2.75) is 35.6 Å². The van der Waals surface area contributed by atoms with E-state index in [1.807, 2.05) is 61.5 Å². The van der Waals surface area contributed by atoms with Crippen LogP contribution in [0.4, 0.5) is 4.79 Å². The van der Waals surface area contributed by atoms with E-state index in [-0.39, 0.29) is 18.9 Å². The Balaban J connectivity index is 1.08. The summed E-state index contributed by atoms with van der Waals surface area (Å²) in [5.74, 6) is -0.865. The first-order valence-electron chi connectivity index (χ1n) is 12.5. The zero-order valence-corrected chi connectivity index (χ0v) is 21.8. The molecule has 0 aliphatic heterocycles. The van der Waals surface area contributed by atoms with Gasteiger partial charge in [0.25, 0.3) is 0 Å². The van der Waals surface area contributed by atoms with Crippen molar-refractivity contribution >= 4 is 34.9 Å². The number of rotatable bonds is 8. The van der Waals surface area contributed by atoms with Gasteiger partial charge in [-0.3, -0.25) is 0 Å². The molecule has 1 unspecified atom stereocenters. The number of fused-ring (bicyclic) bond motifs is 4. The largest absolute Gasteiger partial charge is 0.480 e. The lowest BCUT2D eigenvalue weighted by molar-refractivity contribution is -0.139. The predicted molar refractivity (Wildman–Crippen MR) is 147 cm³/mol. The molecule has 0 fully saturated rings. The van der Waals surface area contributed by atoms with Gasteiger partial charge in [0.1, 0.15) is 18.4 Å². The van der Waals surface area contributed by atoms with E-state index < -0.39 is 18.1 Å². The third-order valence-corrected chi connectivity index (χ3v) is 7.60. The quantitative estimate of drug-likeness (QED) is 0.216. The molecule has 1 aliphatic rings. The lowest BCUT2D eigenvalue weighted by atomic mass is 9.98. The fraction of sp³-hybridized carbons (Fsp3) is 0.167. The molecule has 2 heterocycles. The summed E-state index contributed by atoms with van der Waals surface area (Å²) < 4.78 is 11.4. The van der Waals surface area contributed by atoms with Gasteiger partial charge in [-0.15, -0.1) is 0 Å². The highest BCUT2D eigenvalue weighted by molar-refractivity contribution is 7.99. The van der Waals surface area contributed by atoms with Gasteiger partial charge in [0.2, 0.25) is 0 Å². The molecular formula is C30H25N3O5S. The second-order valence-corrected chi connectivity index (χ2v) is 10.4. The Bertz CT molecular complexity index is 1650. The number of hydrogen-bond donors (Lipinski definition) is 3. The van der Waals surface area contributed by atoms with E-state index in [4.69, 9.17) is 9.15 Å². The Hall–Kier alpha value is -4.50. The molecule has 6 rings (SSSR count). The van der Waals surface area contributed by atoms with E-state index >= 15 is 0 Å². The number of nitrogens with zero attached hydrogens (tertiary/aromatic N) is 1. The zero-order valence-electron chi connectivity index (χ0n) is 21.0. The molecule has 1 aliphatic carbocycles. The number of aliphatic carboxylic acids is 1. The van der Waals surface area contributed by atoms with Crippen LogP contribution < -0.4 is 5.32 Å². The Morgan fingerprint density at radius 1 is 1.05 bits per heavy atom. The zero-order chi connectivity index (χ0) is 26.9. The number of hydrogen-bond acceptors (Lipinski definition) is 6. The number of imidazole rings is 1. The van der Waals surface area contributed by atoms with Crippen molar-refractivity contribution in [2.24, 2.45) is 0 Å². The number of carboxylic acids is 1. The molecule has 5 aromatic rings. The number of alkyl carbamates (subject to hydrolysis) is 1. The first-order chi connectivity index (χ1) is 18.9. The lowest BCUT2D eigenvalue weighted by Gasteiger charge is -2.17. The molecule has 1 atom stereocenters. The van der Waals surface area contributed by atoms with Gasteiger partial charge < -0.3 is 24.6 Å². The number of benzene rings is 3. The van der Waals surface area contributed by atoms with Gasteiger partial charge in [-0.25, -0.2) is 14.6 Å². The van der Waals surface area contributed by atoms with Crippen LogP contribution in [-0.4, -0.2) is 39.8 Å². The summed E-state index contributed by atoms with van der Waals surface area (Å²) in [5, 5.41) is 13.4. The third-order valence-electron chi connectivity index (χ3n) is 6.79. The molecule has 8 nitrogen and oxygen atoms in total. The molecule has 0 bridgehead atoms. The minimum Gasteiger partial charge on any atom is -0.480 e. The van der Waals surface area contributed by atoms with Gasteiger partial charge in [0.15, 0.2) is 10.2 Å². The van der Waals surface area contributed by atoms with Crippen molar-refractivity contribution in [1.82, 2.24) is 15.3 Å². The number of amides is 1. The van der Waals surface area contributed by atoms with Gasteiger partial charge in [-0.2, -0.15) is 0 Å². The third kappa shape index (κ3) is 5.13. The second kappa shape index (κ2) is 10.3. The van der Waals surface area contributed by atoms with E-state index in [9.17, 15) is 14.7 Å². The van der Waals surface area contributed by atoms with Crippen molar-refractivity contribution in [3.8, 4) is 11.1 Å². The Morgan fingerprint density at radius 2 is 1.77 bits per heavy atom. The molecule has 0 saturated heterocycles. The van der Waals surface area contributed by atoms with Crippen LogP contribution in [0.2, 0.25) is 0 Å². The number of carboxylic acid groups (broad SMARTS) is 1. The van der Waals surface area contributed by atoms with Crippen LogP contribution in [-0.2, 0) is 16.0 Å². The highest BCUT2D eigenvalue weighted by Crippen LogP contribution is 2.44. The van der Waals surface area contributed by atoms with Crippen LogP contribution >= 0.6 is 11.8 Å². The average Bonchev–Trinajstić information content (AvgIpc) is 3.62. The maximum Gasteiger partial charge on any atom is 0.407 e. The SMILES string of the molecule is Cc1ccc2nc(Sc3ccc(CC(NC(=O)OCC4c5ccccc5-c5ccccc54)C(=O)O)o3)[nH]c2c1. The second-order valence-electron chi connectivity index (χ2n) is 9.45. The van der Waals surface area contributed by atoms with Gasteiger partial charge in [0.05, 0.1) is 11.0 Å². The summed E-state index contributed by atoms with van der Waals surface area (Å²) in [6, 6.07) is 24.3. The molecule has 39 heavy (non-hydrogen) atoms. The first kappa shape index (κ1) is 24.8. The number of aromatic amines is 1. The van der Waals surface area contributed by atoms with E-state index in [1.165, 1.54) is 11.8 Å². The van der Waals surface area contributed by atoms with Crippen LogP contribution in [0.1, 0.15) is 28.4 Å². The summed E-state index contributed by atoms with van der Waals surface area (Å²) in [6.07, 6.45) is -0.817. The van der Waals surface area contributed by atoms with Crippen molar-refractivity contribution in [3.05, 3.63) is 101 Å². The van der Waals surface area contributed by atoms with Gasteiger partial charge in [-0.05, 0) is 70.8 Å². The number of nitrogens with one attached hydrogen (secondary N) is 2. The van der Waals surface area contributed by atoms with Crippen LogP contribution in [0, 0.1) is 6.92 Å². The molecule has 0 spiro atoms. The van der Waals surface area contributed by atoms with E-state index in [2.05, 4.69) is 27.4 Å². The molecule has 3 N–H and O–H groups in total. The van der Waals surface area contributed by atoms with Gasteiger partial charge in [-0.1, -0.05) is 54.6 Å². The molecule has 9 heteroatoms. The number of ether oxygens (including phenoxy) is 1. The summed E-state index contributed by atoms with van der Waals surface area (Å²) in [7, 11) is 0. The standard InChI is InChI=1S/C30H25N3O5S/c1-17-10-12-24-25(14-17)32-29(31-24)39-27-13-11-18(38-27)15-26(28(34)35)33-30(36)37-16-23-21-8-4-2-6-19(21)20-7-3-5-9-22(20)23/h2-14,23,26H,15-16H2,1H3,(H,31,32)(H,33,36)(H,34,35). The maximum atomic E-state index is 12.6. The lowest BCUT2D eigenvalue weighted by Crippen LogP contribution is -2.42. The highest BCUT2D eigenvalue weighted by atomic mass is 32.2. The minimum atomic E-state index is -1.21. The topological polar surface area (TPSA) is 117 Å². The summed E-state index contributed by atoms with van der Waals surface area (Å²) in [5.41, 5.74) is 7.33. The summed E-state index contributed by atoms with van der Waals surface area (Å²) in [6.45, 7) is 2.12. The number of furan rings is 1. The molecular weight excluding hydrogens is 514 g/mol. The van der Waals surface area contributed by atoms with Crippen LogP contribution in [0.15, 0.2) is 93.5 Å². The molecule has 2 aromatic heterocycles. The number of aryl methyl sites for hydroxylation is 1. The van der Waals surface area contributed by atoms with Crippen molar-refractivity contribution in [1.29, 1.82) is 0 Å². The number of aromatic nitrogens is 2. The fourth-order valence-electron chi connectivity index (χ4n) is 4.95. The Morgan fingerprint density at radius 3 is 2.49 bits per heavy atom. The average molecular weight is 540 g/mol. The van der Waals surface area contributed by atoms with Crippen LogP contribution in [0.3, 0.4) is 0 Å². The predicted octanol–water partition coefficient (Wildman–Crippen LogP) is 6.15. The van der Waals surface area contributed by atoms with Crippen LogP contribution in [0.5, 0.6) is 0 Å². The normalized spacial score (nSPS) is 13.2. The molecule has 0 radical (unpaired) electrons. The maximum absolute atomic E-state index is 12.6. The number of H-pyrrole nitrogens is 1. The highest BCUT2D eigenvalue weighted by Gasteiger charge is 2.30. The van der Waals surface area contributed by atoms with Crippen molar-refractivity contribution in [3.63, 3.8) is 0 Å². The fourth-order valence-corrected chi connectivity index (χ4v) is 5.73. The number of carbonyl (C=O) groups is 2. The number of carbonyl (C=O) groups excluding carboxylic acids is 1. The van der Waals surface area contributed by atoms with E-state index in [0.29, 0.717) is 16.0 Å². The molecule has 1 amide bonds. The summed E-state index contributed by atoms with van der Waals surface area (Å²) >= 11 is 1.31. The van der Waals surface area contributed by atoms with Gasteiger partial charge >= 0.3 is 12.1 Å². The monoisotopic (exact) mass is 539 g/mol. The first-order valence-corrected chi connectivity index (χ1v) is 13.3. The molecule has 196 valence electrons. The minimum absolute atomic E-state index is 0.0284. The summed E-state index contributed by atoms with van der Waals surface area (Å²) in [4.78, 5) is 32.4. The Kier molecular flexibility index (Phi) is 6.58. The van der Waals surface area contributed by atoms with Crippen molar-refractivity contribution in [2.75, 3.05) is 6.61 Å². The van der Waals surface area contributed by atoms with Crippen molar-refractivity contribution < 1.29 is 23.8 Å². The van der Waals surface area contributed by atoms with E-state index in [0.717, 1.165) is 38.9 Å². The molecule has 3 aromatic carbocycles. The van der Waals surface area contributed by atoms with Gasteiger partial charge in [0, 0.05) is 12.3 Å². The van der Waals surface area contributed by atoms with Crippen LogP contribution in [0.25, 0.3) is 22.2 Å². The Labute approximate surface area is 228 Å². The smallest absolute Gasteiger partial charge is 0.407 e. The van der Waals surface area contributed by atoms with E-state index in [1.54, 1.807) is 12.1 Å². The molecule has 0 saturated carbocycles.